The Labute approximate surface area is 79.5 Å². The van der Waals surface area contributed by atoms with E-state index < -0.39 is 0 Å². The average Bonchev–Trinajstić information content (AvgIpc) is 2.52. The smallest absolute Gasteiger partial charge is 0.222 e. The van der Waals surface area contributed by atoms with Gasteiger partial charge in [-0.05, 0) is 32.7 Å². The molecule has 2 atom stereocenters. The van der Waals surface area contributed by atoms with Gasteiger partial charge >= 0.3 is 0 Å². The summed E-state index contributed by atoms with van der Waals surface area (Å²) < 4.78 is 0. The molecular weight excluding hydrogens is 164 g/mol. The topological polar surface area (TPSA) is 32.3 Å². The SMILES string of the molecule is CC1NCCC1N1CCCCC1=O. The summed E-state index contributed by atoms with van der Waals surface area (Å²) >= 11 is 0. The van der Waals surface area contributed by atoms with Crippen LogP contribution in [0.1, 0.15) is 32.6 Å². The van der Waals surface area contributed by atoms with Gasteiger partial charge in [-0.2, -0.15) is 0 Å². The van der Waals surface area contributed by atoms with E-state index in [9.17, 15) is 4.79 Å². The molecule has 0 aromatic heterocycles. The van der Waals surface area contributed by atoms with Crippen LogP contribution in [0.15, 0.2) is 0 Å². The Kier molecular flexibility index (Phi) is 2.54. The number of hydrogen-bond donors (Lipinski definition) is 1. The molecule has 2 unspecified atom stereocenters. The Morgan fingerprint density at radius 2 is 2.31 bits per heavy atom. The molecule has 2 aliphatic rings. The molecule has 1 amide bonds. The van der Waals surface area contributed by atoms with Gasteiger partial charge in [-0.25, -0.2) is 0 Å². The van der Waals surface area contributed by atoms with E-state index in [2.05, 4.69) is 17.1 Å². The molecule has 2 saturated heterocycles. The number of carbonyl (C=O) groups is 1. The van der Waals surface area contributed by atoms with Crippen LogP contribution >= 0.6 is 0 Å². The molecule has 2 aliphatic heterocycles. The van der Waals surface area contributed by atoms with E-state index in [4.69, 9.17) is 0 Å². The lowest BCUT2D eigenvalue weighted by molar-refractivity contribution is -0.135. The summed E-state index contributed by atoms with van der Waals surface area (Å²) in [6.45, 7) is 4.23. The second-order valence-corrected chi connectivity index (χ2v) is 4.14. The van der Waals surface area contributed by atoms with E-state index in [1.807, 2.05) is 0 Å². The minimum atomic E-state index is 0.367. The van der Waals surface area contributed by atoms with Crippen LogP contribution in [0.25, 0.3) is 0 Å². The van der Waals surface area contributed by atoms with Crippen molar-refractivity contribution in [3.8, 4) is 0 Å². The number of hydrogen-bond acceptors (Lipinski definition) is 2. The Morgan fingerprint density at radius 3 is 2.92 bits per heavy atom. The van der Waals surface area contributed by atoms with Gasteiger partial charge < -0.3 is 10.2 Å². The molecule has 74 valence electrons. The van der Waals surface area contributed by atoms with Crippen LogP contribution < -0.4 is 5.32 Å². The van der Waals surface area contributed by atoms with Crippen LogP contribution in [0, 0.1) is 0 Å². The first-order valence-electron chi connectivity index (χ1n) is 5.32. The van der Waals surface area contributed by atoms with E-state index in [0.717, 1.165) is 32.4 Å². The summed E-state index contributed by atoms with van der Waals surface area (Å²) in [6, 6.07) is 0.954. The van der Waals surface area contributed by atoms with Crippen molar-refractivity contribution in [1.29, 1.82) is 0 Å². The van der Waals surface area contributed by atoms with E-state index in [-0.39, 0.29) is 0 Å². The van der Waals surface area contributed by atoms with Crippen molar-refractivity contribution >= 4 is 5.91 Å². The molecule has 3 heteroatoms. The van der Waals surface area contributed by atoms with Crippen molar-refractivity contribution in [2.45, 2.75) is 44.7 Å². The second kappa shape index (κ2) is 3.66. The molecule has 0 aliphatic carbocycles. The molecule has 3 nitrogen and oxygen atoms in total. The Hall–Kier alpha value is -0.570. The summed E-state index contributed by atoms with van der Waals surface area (Å²) in [6.07, 6.45) is 4.18. The number of nitrogens with zero attached hydrogens (tertiary/aromatic N) is 1. The highest BCUT2D eigenvalue weighted by atomic mass is 16.2. The zero-order chi connectivity index (χ0) is 9.26. The highest BCUT2D eigenvalue weighted by Gasteiger charge is 2.32. The number of nitrogens with one attached hydrogen (secondary N) is 1. The third-order valence-corrected chi connectivity index (χ3v) is 3.24. The summed E-state index contributed by atoms with van der Waals surface area (Å²) in [5, 5.41) is 3.39. The van der Waals surface area contributed by atoms with Gasteiger partial charge in [-0.3, -0.25) is 4.79 Å². The zero-order valence-corrected chi connectivity index (χ0v) is 8.25. The first-order chi connectivity index (χ1) is 6.29. The maximum Gasteiger partial charge on any atom is 0.222 e. The van der Waals surface area contributed by atoms with Crippen molar-refractivity contribution < 1.29 is 4.79 Å². The van der Waals surface area contributed by atoms with Crippen molar-refractivity contribution in [3.05, 3.63) is 0 Å². The summed E-state index contributed by atoms with van der Waals surface area (Å²) in [5.74, 6) is 0.367. The van der Waals surface area contributed by atoms with Crippen LogP contribution in [0.3, 0.4) is 0 Å². The van der Waals surface area contributed by atoms with Crippen LogP contribution in [0.4, 0.5) is 0 Å². The Bertz CT molecular complexity index is 205. The predicted molar refractivity (Wildman–Crippen MR) is 51.4 cm³/mol. The summed E-state index contributed by atoms with van der Waals surface area (Å²) in [5.41, 5.74) is 0. The number of likely N-dealkylation sites (tertiary alicyclic amines) is 1. The summed E-state index contributed by atoms with van der Waals surface area (Å²) in [7, 11) is 0. The fraction of sp³-hybridized carbons (Fsp3) is 0.900. The van der Waals surface area contributed by atoms with Crippen molar-refractivity contribution in [1.82, 2.24) is 10.2 Å². The van der Waals surface area contributed by atoms with Crippen LogP contribution in [-0.2, 0) is 4.79 Å². The molecule has 2 rings (SSSR count). The van der Waals surface area contributed by atoms with E-state index >= 15 is 0 Å². The third-order valence-electron chi connectivity index (χ3n) is 3.24. The normalized spacial score (nSPS) is 35.5. The van der Waals surface area contributed by atoms with Crippen molar-refractivity contribution in [2.24, 2.45) is 0 Å². The minimum Gasteiger partial charge on any atom is -0.338 e. The minimum absolute atomic E-state index is 0.367. The van der Waals surface area contributed by atoms with Gasteiger partial charge in [-0.15, -0.1) is 0 Å². The molecule has 2 fully saturated rings. The lowest BCUT2D eigenvalue weighted by atomic mass is 10.0. The van der Waals surface area contributed by atoms with Gasteiger partial charge in [0, 0.05) is 25.0 Å². The van der Waals surface area contributed by atoms with E-state index in [0.29, 0.717) is 18.0 Å². The summed E-state index contributed by atoms with van der Waals surface area (Å²) in [4.78, 5) is 13.7. The maximum absolute atomic E-state index is 11.6. The van der Waals surface area contributed by atoms with Gasteiger partial charge in [0.2, 0.25) is 5.91 Å². The van der Waals surface area contributed by atoms with Crippen LogP contribution in [-0.4, -0.2) is 36.0 Å². The molecule has 0 aromatic rings. The van der Waals surface area contributed by atoms with E-state index in [1.54, 1.807) is 0 Å². The number of piperidine rings is 1. The van der Waals surface area contributed by atoms with Gasteiger partial charge in [0.15, 0.2) is 0 Å². The highest BCUT2D eigenvalue weighted by molar-refractivity contribution is 5.77. The standard InChI is InChI=1S/C10H18N2O/c1-8-9(5-6-11-8)12-7-3-2-4-10(12)13/h8-9,11H,2-7H2,1H3. The average molecular weight is 182 g/mol. The highest BCUT2D eigenvalue weighted by Crippen LogP contribution is 2.20. The fourth-order valence-electron chi connectivity index (χ4n) is 2.45. The van der Waals surface area contributed by atoms with Crippen molar-refractivity contribution in [2.75, 3.05) is 13.1 Å². The Morgan fingerprint density at radius 1 is 1.46 bits per heavy atom. The number of carbonyl (C=O) groups excluding carboxylic acids is 1. The monoisotopic (exact) mass is 182 g/mol. The third kappa shape index (κ3) is 1.70. The first-order valence-corrected chi connectivity index (χ1v) is 5.32. The van der Waals surface area contributed by atoms with Gasteiger partial charge in [0.1, 0.15) is 0 Å². The molecule has 0 bridgehead atoms. The van der Waals surface area contributed by atoms with Gasteiger partial charge in [-0.1, -0.05) is 0 Å². The lowest BCUT2D eigenvalue weighted by Gasteiger charge is -2.34. The van der Waals surface area contributed by atoms with Gasteiger partial charge in [0.25, 0.3) is 0 Å². The number of amides is 1. The lowest BCUT2D eigenvalue weighted by Crippen LogP contribution is -2.47. The molecule has 0 radical (unpaired) electrons. The van der Waals surface area contributed by atoms with Crippen LogP contribution in [0.2, 0.25) is 0 Å². The zero-order valence-electron chi connectivity index (χ0n) is 8.25. The molecule has 1 N–H and O–H groups in total. The van der Waals surface area contributed by atoms with Gasteiger partial charge in [0.05, 0.1) is 0 Å². The van der Waals surface area contributed by atoms with Crippen LogP contribution in [0.5, 0.6) is 0 Å². The molecule has 0 aromatic carbocycles. The van der Waals surface area contributed by atoms with E-state index in [1.165, 1.54) is 6.42 Å². The fourth-order valence-corrected chi connectivity index (χ4v) is 2.45. The Balaban J connectivity index is 2.01. The molecular formula is C10H18N2O. The maximum atomic E-state index is 11.6. The first kappa shape index (κ1) is 9.00. The molecule has 13 heavy (non-hydrogen) atoms. The molecule has 2 heterocycles. The van der Waals surface area contributed by atoms with Crippen molar-refractivity contribution in [3.63, 3.8) is 0 Å². The largest absolute Gasteiger partial charge is 0.338 e. The predicted octanol–water partition coefficient (Wildman–Crippen LogP) is 0.749. The second-order valence-electron chi connectivity index (χ2n) is 4.14. The molecule has 0 saturated carbocycles. The number of rotatable bonds is 1. The molecule has 0 spiro atoms. The quantitative estimate of drug-likeness (QED) is 0.649.